The predicted molar refractivity (Wildman–Crippen MR) is 84.1 cm³/mol. The van der Waals surface area contributed by atoms with Crippen LogP contribution in [0, 0.1) is 0 Å². The van der Waals surface area contributed by atoms with Crippen LogP contribution in [0.1, 0.15) is 35.9 Å². The lowest BCUT2D eigenvalue weighted by Crippen LogP contribution is -2.55. The topological polar surface area (TPSA) is 72.0 Å². The molecule has 4 rings (SSSR count). The standard InChI is InChI=1S/C17H14ClN3O2/c18-12-5-2-1-4-11(12)10-8-17(9-10)15(22)14(16(23)20-17)13-6-3-7-19-21-13/h1-7,10,14H,8-9H2,(H,20,23). The zero-order valence-electron chi connectivity index (χ0n) is 12.2. The smallest absolute Gasteiger partial charge is 0.237 e. The first-order chi connectivity index (χ1) is 11.1. The van der Waals surface area contributed by atoms with Crippen LogP contribution >= 0.6 is 11.6 Å². The van der Waals surface area contributed by atoms with Gasteiger partial charge in [0, 0.05) is 11.2 Å². The molecule has 1 aromatic carbocycles. The van der Waals surface area contributed by atoms with E-state index in [0.717, 1.165) is 5.56 Å². The third-order valence-corrected chi connectivity index (χ3v) is 5.13. The van der Waals surface area contributed by atoms with E-state index in [9.17, 15) is 9.59 Å². The highest BCUT2D eigenvalue weighted by molar-refractivity contribution is 6.31. The Morgan fingerprint density at radius 3 is 2.61 bits per heavy atom. The number of Topliss-reactive ketones (excluding diaryl/α,β-unsaturated/α-hetero) is 1. The lowest BCUT2D eigenvalue weighted by atomic mass is 9.63. The number of amides is 1. The van der Waals surface area contributed by atoms with Gasteiger partial charge in [-0.2, -0.15) is 10.2 Å². The number of hydrogen-bond donors (Lipinski definition) is 1. The van der Waals surface area contributed by atoms with Gasteiger partial charge in [0.05, 0.1) is 5.69 Å². The van der Waals surface area contributed by atoms with E-state index in [1.165, 1.54) is 6.20 Å². The summed E-state index contributed by atoms with van der Waals surface area (Å²) in [6, 6.07) is 11.0. The first-order valence-electron chi connectivity index (χ1n) is 7.49. The van der Waals surface area contributed by atoms with Crippen molar-refractivity contribution in [2.45, 2.75) is 30.2 Å². The van der Waals surface area contributed by atoms with Crippen molar-refractivity contribution >= 4 is 23.3 Å². The number of hydrogen-bond acceptors (Lipinski definition) is 4. The molecule has 0 radical (unpaired) electrons. The number of rotatable bonds is 2. The minimum absolute atomic E-state index is 0.105. The van der Waals surface area contributed by atoms with Crippen LogP contribution in [-0.4, -0.2) is 27.4 Å². The van der Waals surface area contributed by atoms with Gasteiger partial charge in [-0.25, -0.2) is 0 Å². The molecule has 1 amide bonds. The molecule has 1 saturated heterocycles. The van der Waals surface area contributed by atoms with Gasteiger partial charge in [-0.05, 0) is 42.5 Å². The van der Waals surface area contributed by atoms with Gasteiger partial charge in [0.1, 0.15) is 11.5 Å². The van der Waals surface area contributed by atoms with E-state index in [1.54, 1.807) is 12.1 Å². The second kappa shape index (κ2) is 5.13. The van der Waals surface area contributed by atoms with Crippen LogP contribution in [0.3, 0.4) is 0 Å². The molecule has 116 valence electrons. The number of carbonyl (C=O) groups excluding carboxylic acids is 2. The summed E-state index contributed by atoms with van der Waals surface area (Å²) in [5, 5.41) is 11.3. The molecule has 1 aromatic heterocycles. The lowest BCUT2D eigenvalue weighted by molar-refractivity contribution is -0.127. The first-order valence-corrected chi connectivity index (χ1v) is 7.87. The quantitative estimate of drug-likeness (QED) is 0.859. The average Bonchev–Trinajstić information content (AvgIpc) is 2.78. The third-order valence-electron chi connectivity index (χ3n) is 4.78. The molecule has 1 unspecified atom stereocenters. The summed E-state index contributed by atoms with van der Waals surface area (Å²) in [5.74, 6) is -1.05. The first kappa shape index (κ1) is 14.3. The highest BCUT2D eigenvalue weighted by Gasteiger charge is 2.60. The predicted octanol–water partition coefficient (Wildman–Crippen LogP) is 2.23. The molecule has 2 fully saturated rings. The van der Waals surface area contributed by atoms with Crippen LogP contribution < -0.4 is 5.32 Å². The van der Waals surface area contributed by atoms with Gasteiger partial charge < -0.3 is 5.32 Å². The fourth-order valence-electron chi connectivity index (χ4n) is 3.61. The molecular formula is C17H14ClN3O2. The Labute approximate surface area is 138 Å². The monoisotopic (exact) mass is 327 g/mol. The summed E-state index contributed by atoms with van der Waals surface area (Å²) in [7, 11) is 0. The van der Waals surface area contributed by atoms with Gasteiger partial charge in [-0.15, -0.1) is 0 Å². The largest absolute Gasteiger partial charge is 0.343 e. The number of aromatic nitrogens is 2. The SMILES string of the molecule is O=C1NC2(CC(c3ccccc3Cl)C2)C(=O)C1c1cccnn1. The van der Waals surface area contributed by atoms with Crippen LogP contribution in [0.4, 0.5) is 0 Å². The average molecular weight is 328 g/mol. The fourth-order valence-corrected chi connectivity index (χ4v) is 3.90. The molecule has 1 aliphatic heterocycles. The highest BCUT2D eigenvalue weighted by Crippen LogP contribution is 2.51. The van der Waals surface area contributed by atoms with Crippen molar-refractivity contribution in [1.82, 2.24) is 15.5 Å². The summed E-state index contributed by atoms with van der Waals surface area (Å²) in [5.41, 5.74) is 0.668. The van der Waals surface area contributed by atoms with Crippen molar-refractivity contribution < 1.29 is 9.59 Å². The van der Waals surface area contributed by atoms with E-state index >= 15 is 0 Å². The maximum absolute atomic E-state index is 12.8. The van der Waals surface area contributed by atoms with Gasteiger partial charge in [0.25, 0.3) is 0 Å². The van der Waals surface area contributed by atoms with Gasteiger partial charge in [0.15, 0.2) is 5.78 Å². The van der Waals surface area contributed by atoms with Crippen LogP contribution in [0.5, 0.6) is 0 Å². The van der Waals surface area contributed by atoms with E-state index in [1.807, 2.05) is 24.3 Å². The van der Waals surface area contributed by atoms with Crippen LogP contribution in [0.25, 0.3) is 0 Å². The number of nitrogens with one attached hydrogen (secondary N) is 1. The molecule has 5 nitrogen and oxygen atoms in total. The summed E-state index contributed by atoms with van der Waals surface area (Å²) in [6.45, 7) is 0. The highest BCUT2D eigenvalue weighted by atomic mass is 35.5. The number of benzene rings is 1. The molecule has 6 heteroatoms. The Bertz CT molecular complexity index is 787. The van der Waals surface area contributed by atoms with Crippen molar-refractivity contribution in [3.8, 4) is 0 Å². The Morgan fingerprint density at radius 1 is 1.13 bits per heavy atom. The fraction of sp³-hybridized carbons (Fsp3) is 0.294. The van der Waals surface area contributed by atoms with Gasteiger partial charge in [-0.1, -0.05) is 29.8 Å². The van der Waals surface area contributed by atoms with Crippen molar-refractivity contribution in [1.29, 1.82) is 0 Å². The van der Waals surface area contributed by atoms with Crippen LogP contribution in [0.15, 0.2) is 42.6 Å². The van der Waals surface area contributed by atoms with Crippen molar-refractivity contribution in [2.75, 3.05) is 0 Å². The van der Waals surface area contributed by atoms with Crippen LogP contribution in [-0.2, 0) is 9.59 Å². The van der Waals surface area contributed by atoms with E-state index in [-0.39, 0.29) is 17.6 Å². The van der Waals surface area contributed by atoms with Gasteiger partial charge in [-0.3, -0.25) is 9.59 Å². The van der Waals surface area contributed by atoms with E-state index in [0.29, 0.717) is 23.6 Å². The second-order valence-corrected chi connectivity index (χ2v) is 6.55. The second-order valence-electron chi connectivity index (χ2n) is 6.14. The third kappa shape index (κ3) is 2.15. The Morgan fingerprint density at radius 2 is 1.91 bits per heavy atom. The number of ketones is 1. The normalized spacial score (nSPS) is 29.4. The molecule has 1 atom stereocenters. The Balaban J connectivity index is 1.58. The van der Waals surface area contributed by atoms with Crippen LogP contribution in [0.2, 0.25) is 5.02 Å². The molecule has 2 aromatic rings. The molecule has 0 bridgehead atoms. The minimum Gasteiger partial charge on any atom is -0.343 e. The van der Waals surface area contributed by atoms with Crippen molar-refractivity contribution in [3.63, 3.8) is 0 Å². The molecule has 1 aliphatic carbocycles. The number of nitrogens with zero attached hydrogens (tertiary/aromatic N) is 2. The van der Waals surface area contributed by atoms with Gasteiger partial charge in [0.2, 0.25) is 5.91 Å². The van der Waals surface area contributed by atoms with E-state index in [4.69, 9.17) is 11.6 Å². The molecular weight excluding hydrogens is 314 g/mol. The van der Waals surface area contributed by atoms with Crippen molar-refractivity contribution in [2.24, 2.45) is 0 Å². The molecule has 1 saturated carbocycles. The minimum atomic E-state index is -0.851. The van der Waals surface area contributed by atoms with E-state index in [2.05, 4.69) is 15.5 Å². The zero-order chi connectivity index (χ0) is 16.0. The summed E-state index contributed by atoms with van der Waals surface area (Å²) in [4.78, 5) is 25.1. The van der Waals surface area contributed by atoms with E-state index < -0.39 is 11.5 Å². The van der Waals surface area contributed by atoms with Crippen molar-refractivity contribution in [3.05, 3.63) is 58.9 Å². The van der Waals surface area contributed by atoms with Gasteiger partial charge >= 0.3 is 0 Å². The summed E-state index contributed by atoms with van der Waals surface area (Å²) in [6.07, 6.45) is 2.68. The summed E-state index contributed by atoms with van der Waals surface area (Å²) >= 11 is 6.23. The maximum atomic E-state index is 12.8. The lowest BCUT2D eigenvalue weighted by Gasteiger charge is -2.44. The number of halogens is 1. The molecule has 2 aliphatic rings. The Hall–Kier alpha value is -2.27. The summed E-state index contributed by atoms with van der Waals surface area (Å²) < 4.78 is 0. The molecule has 1 N–H and O–H groups in total. The molecule has 23 heavy (non-hydrogen) atoms. The number of carbonyl (C=O) groups is 2. The molecule has 2 heterocycles. The molecule has 1 spiro atoms. The maximum Gasteiger partial charge on any atom is 0.237 e. The zero-order valence-corrected chi connectivity index (χ0v) is 13.0. The Kier molecular flexibility index (Phi) is 3.20.